The molecule has 9 nitrogen and oxygen atoms in total. The Kier molecular flexibility index (Phi) is 5.97. The molecule has 0 unspecified atom stereocenters. The first-order valence-electron chi connectivity index (χ1n) is 12.6. The van der Waals surface area contributed by atoms with Crippen LogP contribution in [0.1, 0.15) is 34.1 Å². The summed E-state index contributed by atoms with van der Waals surface area (Å²) in [6, 6.07) is 17.5. The molecule has 9 heteroatoms. The molecule has 1 aliphatic rings. The zero-order chi connectivity index (χ0) is 27.1. The highest BCUT2D eigenvalue weighted by atomic mass is 16.5. The van der Waals surface area contributed by atoms with E-state index in [4.69, 9.17) is 14.5 Å². The lowest BCUT2D eigenvalue weighted by Crippen LogP contribution is -2.33. The Morgan fingerprint density at radius 1 is 1.18 bits per heavy atom. The van der Waals surface area contributed by atoms with Crippen molar-refractivity contribution in [2.75, 3.05) is 13.7 Å². The third-order valence-electron chi connectivity index (χ3n) is 7.26. The monoisotopic (exact) mass is 518 g/mol. The first-order chi connectivity index (χ1) is 18.9. The van der Waals surface area contributed by atoms with E-state index in [-0.39, 0.29) is 12.5 Å². The standard InChI is InChI=1S/C30H26N6O3/c1-30(16-31)17-39-15-21-5-4-18(10-24(21)30)29(37)33-14-22-11-26-19(12-32-22)7-9-25(35-26)23-8-6-20-13-34-36(2)27(20)28(23)38-3/h4-13H,14-15,17H2,1-3H3,(H,33,37)/t30-/m1/s1. The molecule has 2 aromatic carbocycles. The van der Waals surface area contributed by atoms with E-state index in [1.807, 2.05) is 56.6 Å². The van der Waals surface area contributed by atoms with Crippen molar-refractivity contribution >= 4 is 27.7 Å². The highest BCUT2D eigenvalue weighted by Gasteiger charge is 2.33. The van der Waals surface area contributed by atoms with E-state index >= 15 is 0 Å². The average molecular weight is 519 g/mol. The van der Waals surface area contributed by atoms with Crippen molar-refractivity contribution < 1.29 is 14.3 Å². The van der Waals surface area contributed by atoms with Gasteiger partial charge in [-0.25, -0.2) is 4.98 Å². The maximum absolute atomic E-state index is 13.0. The van der Waals surface area contributed by atoms with Crippen LogP contribution in [0.25, 0.3) is 33.1 Å². The Labute approximate surface area is 225 Å². The maximum atomic E-state index is 13.0. The summed E-state index contributed by atoms with van der Waals surface area (Å²) in [7, 11) is 3.53. The van der Waals surface area contributed by atoms with Crippen LogP contribution in [0, 0.1) is 11.3 Å². The van der Waals surface area contributed by atoms with Gasteiger partial charge in [-0.1, -0.05) is 12.1 Å². The van der Waals surface area contributed by atoms with Crippen LogP contribution in [-0.4, -0.2) is 39.4 Å². The smallest absolute Gasteiger partial charge is 0.251 e. The van der Waals surface area contributed by atoms with Crippen LogP contribution in [0.5, 0.6) is 5.75 Å². The number of carbonyl (C=O) groups is 1. The van der Waals surface area contributed by atoms with Gasteiger partial charge in [-0.15, -0.1) is 0 Å². The molecule has 0 spiro atoms. The number of carbonyl (C=O) groups excluding carboxylic acids is 1. The number of methoxy groups -OCH3 is 1. The quantitative estimate of drug-likeness (QED) is 0.366. The molecule has 1 atom stereocenters. The molecule has 4 heterocycles. The van der Waals surface area contributed by atoms with Crippen LogP contribution < -0.4 is 10.1 Å². The molecule has 0 aliphatic carbocycles. The number of nitriles is 1. The van der Waals surface area contributed by atoms with Gasteiger partial charge in [0.05, 0.1) is 56.0 Å². The van der Waals surface area contributed by atoms with Gasteiger partial charge in [-0.2, -0.15) is 10.4 Å². The molecule has 0 fully saturated rings. The zero-order valence-corrected chi connectivity index (χ0v) is 21.9. The fourth-order valence-corrected chi connectivity index (χ4v) is 5.11. The number of aromatic nitrogens is 4. The zero-order valence-electron chi connectivity index (χ0n) is 21.9. The molecule has 1 amide bonds. The molecule has 194 valence electrons. The van der Waals surface area contributed by atoms with Gasteiger partial charge < -0.3 is 14.8 Å². The van der Waals surface area contributed by atoms with E-state index in [1.54, 1.807) is 30.1 Å². The molecule has 39 heavy (non-hydrogen) atoms. The van der Waals surface area contributed by atoms with Gasteiger partial charge in [-0.3, -0.25) is 14.5 Å². The van der Waals surface area contributed by atoms with Crippen LogP contribution in [0.4, 0.5) is 0 Å². The third-order valence-corrected chi connectivity index (χ3v) is 7.26. The van der Waals surface area contributed by atoms with Gasteiger partial charge in [0, 0.05) is 35.1 Å². The number of amides is 1. The van der Waals surface area contributed by atoms with Crippen molar-refractivity contribution in [2.24, 2.45) is 7.05 Å². The van der Waals surface area contributed by atoms with Crippen LogP contribution >= 0.6 is 0 Å². The number of ether oxygens (including phenoxy) is 2. The Morgan fingerprint density at radius 3 is 2.85 bits per heavy atom. The summed E-state index contributed by atoms with van der Waals surface area (Å²) >= 11 is 0. The fourth-order valence-electron chi connectivity index (χ4n) is 5.11. The molecule has 3 aromatic heterocycles. The molecule has 0 radical (unpaired) electrons. The predicted molar refractivity (Wildman–Crippen MR) is 146 cm³/mol. The maximum Gasteiger partial charge on any atom is 0.251 e. The highest BCUT2D eigenvalue weighted by molar-refractivity contribution is 5.95. The Hall–Kier alpha value is -4.81. The molecular weight excluding hydrogens is 492 g/mol. The second kappa shape index (κ2) is 9.49. The summed E-state index contributed by atoms with van der Waals surface area (Å²) in [4.78, 5) is 22.4. The predicted octanol–water partition coefficient (Wildman–Crippen LogP) is 4.43. The topological polar surface area (TPSA) is 115 Å². The minimum Gasteiger partial charge on any atom is -0.494 e. The third kappa shape index (κ3) is 4.25. The summed E-state index contributed by atoms with van der Waals surface area (Å²) in [6.07, 6.45) is 3.56. The average Bonchev–Trinajstić information content (AvgIpc) is 3.35. The summed E-state index contributed by atoms with van der Waals surface area (Å²) in [5, 5.41) is 18.9. The molecule has 1 N–H and O–H groups in total. The van der Waals surface area contributed by atoms with Gasteiger partial charge >= 0.3 is 0 Å². The Balaban J connectivity index is 1.26. The van der Waals surface area contributed by atoms with Crippen LogP contribution in [0.3, 0.4) is 0 Å². The van der Waals surface area contributed by atoms with Crippen molar-refractivity contribution in [1.82, 2.24) is 25.1 Å². The molecule has 6 rings (SSSR count). The summed E-state index contributed by atoms with van der Waals surface area (Å²) in [6.45, 7) is 2.81. The van der Waals surface area contributed by atoms with Crippen molar-refractivity contribution in [2.45, 2.75) is 25.5 Å². The number of hydrogen-bond donors (Lipinski definition) is 1. The second-order valence-electron chi connectivity index (χ2n) is 9.91. The van der Waals surface area contributed by atoms with Crippen molar-refractivity contribution in [3.63, 3.8) is 0 Å². The lowest BCUT2D eigenvalue weighted by atomic mass is 9.79. The first kappa shape index (κ1) is 24.5. The molecular formula is C30H26N6O3. The fraction of sp³-hybridized carbons (Fsp3) is 0.233. The van der Waals surface area contributed by atoms with Gasteiger partial charge in [0.1, 0.15) is 10.9 Å². The van der Waals surface area contributed by atoms with Gasteiger partial charge in [0.2, 0.25) is 0 Å². The SMILES string of the molecule is COc1c(-c2ccc3cnc(CNC(=O)c4ccc5c(c4)[C@](C)(C#N)COC5)cc3n2)ccc2cnn(C)c12. The number of hydrogen-bond acceptors (Lipinski definition) is 7. The van der Waals surface area contributed by atoms with Gasteiger partial charge in [0.25, 0.3) is 5.91 Å². The number of aryl methyl sites for hydroxylation is 1. The Bertz CT molecular complexity index is 1800. The summed E-state index contributed by atoms with van der Waals surface area (Å²) in [5.41, 5.74) is 5.46. The van der Waals surface area contributed by atoms with E-state index in [9.17, 15) is 10.1 Å². The molecule has 0 saturated heterocycles. The summed E-state index contributed by atoms with van der Waals surface area (Å²) < 4.78 is 13.1. The van der Waals surface area contributed by atoms with E-state index < -0.39 is 5.41 Å². The van der Waals surface area contributed by atoms with Crippen molar-refractivity contribution in [3.05, 3.63) is 83.3 Å². The van der Waals surface area contributed by atoms with Crippen molar-refractivity contribution in [3.8, 4) is 23.1 Å². The minimum atomic E-state index is -0.781. The highest BCUT2D eigenvalue weighted by Crippen LogP contribution is 2.36. The number of fused-ring (bicyclic) bond motifs is 3. The first-order valence-corrected chi connectivity index (χ1v) is 12.6. The lowest BCUT2D eigenvalue weighted by Gasteiger charge is -2.30. The Morgan fingerprint density at radius 2 is 2.03 bits per heavy atom. The molecule has 0 bridgehead atoms. The van der Waals surface area contributed by atoms with Crippen molar-refractivity contribution in [1.29, 1.82) is 5.26 Å². The number of nitrogens with one attached hydrogen (secondary N) is 1. The molecule has 0 saturated carbocycles. The van der Waals surface area contributed by atoms with E-state index in [0.717, 1.165) is 44.2 Å². The van der Waals surface area contributed by atoms with Gasteiger partial charge in [0.15, 0.2) is 5.75 Å². The lowest BCUT2D eigenvalue weighted by molar-refractivity contribution is 0.0757. The van der Waals surface area contributed by atoms with Crippen LogP contribution in [0.15, 0.2) is 60.9 Å². The largest absolute Gasteiger partial charge is 0.494 e. The van der Waals surface area contributed by atoms with E-state index in [2.05, 4.69) is 21.5 Å². The number of nitrogens with zero attached hydrogens (tertiary/aromatic N) is 5. The summed E-state index contributed by atoms with van der Waals surface area (Å²) in [5.74, 6) is 0.479. The minimum absolute atomic E-state index is 0.234. The number of rotatable bonds is 5. The molecule has 5 aromatic rings. The molecule has 1 aliphatic heterocycles. The second-order valence-corrected chi connectivity index (χ2v) is 9.91. The van der Waals surface area contributed by atoms with Crippen LogP contribution in [0.2, 0.25) is 0 Å². The number of benzene rings is 2. The van der Waals surface area contributed by atoms with E-state index in [1.165, 1.54) is 0 Å². The van der Waals surface area contributed by atoms with Gasteiger partial charge in [-0.05, 0) is 54.4 Å². The van der Waals surface area contributed by atoms with Crippen LogP contribution in [-0.2, 0) is 30.4 Å². The van der Waals surface area contributed by atoms with E-state index in [0.29, 0.717) is 30.2 Å². The normalized spacial score (nSPS) is 16.6. The number of pyridine rings is 2.